The van der Waals surface area contributed by atoms with Crippen LogP contribution in [0.5, 0.6) is 0 Å². The summed E-state index contributed by atoms with van der Waals surface area (Å²) < 4.78 is 0. The van der Waals surface area contributed by atoms with Crippen LogP contribution >= 0.6 is 0 Å². The van der Waals surface area contributed by atoms with Crippen LogP contribution in [-0.4, -0.2) is 12.1 Å². The highest BCUT2D eigenvalue weighted by Gasteiger charge is 2.37. The van der Waals surface area contributed by atoms with Gasteiger partial charge in [-0.2, -0.15) is 0 Å². The van der Waals surface area contributed by atoms with Gasteiger partial charge in [-0.1, -0.05) is 40.2 Å². The predicted octanol–water partition coefficient (Wildman–Crippen LogP) is 3.29. The highest BCUT2D eigenvalue weighted by molar-refractivity contribution is 4.99. The van der Waals surface area contributed by atoms with E-state index in [0.717, 1.165) is 11.6 Å². The lowest BCUT2D eigenvalue weighted by Gasteiger charge is -2.32. The third kappa shape index (κ3) is 3.74. The average molecular weight is 238 g/mol. The summed E-state index contributed by atoms with van der Waals surface area (Å²) >= 11 is 0. The molecule has 17 heavy (non-hydrogen) atoms. The van der Waals surface area contributed by atoms with E-state index in [-0.39, 0.29) is 0 Å². The van der Waals surface area contributed by atoms with Crippen LogP contribution in [0.25, 0.3) is 0 Å². The molecule has 1 aliphatic rings. The normalized spacial score (nSPS) is 30.6. The van der Waals surface area contributed by atoms with Crippen LogP contribution in [0.2, 0.25) is 0 Å². The first kappa shape index (κ1) is 14.6. The molecule has 0 radical (unpaired) electrons. The van der Waals surface area contributed by atoms with Crippen LogP contribution in [0.3, 0.4) is 0 Å². The molecule has 1 unspecified atom stereocenters. The van der Waals surface area contributed by atoms with Gasteiger partial charge in [-0.05, 0) is 37.5 Å². The van der Waals surface area contributed by atoms with Gasteiger partial charge in [0.15, 0.2) is 0 Å². The van der Waals surface area contributed by atoms with Crippen molar-refractivity contribution in [2.45, 2.75) is 65.5 Å². The lowest BCUT2D eigenvalue weighted by Crippen LogP contribution is -2.45. The molecule has 0 bridgehead atoms. The lowest BCUT2D eigenvalue weighted by atomic mass is 9.82. The smallest absolute Gasteiger partial charge is 0.0303 e. The Morgan fingerprint density at radius 1 is 1.35 bits per heavy atom. The van der Waals surface area contributed by atoms with Gasteiger partial charge in [0, 0.05) is 17.8 Å². The second-order valence-corrected chi connectivity index (χ2v) is 5.93. The first-order chi connectivity index (χ1) is 7.99. The predicted molar refractivity (Wildman–Crippen MR) is 75.7 cm³/mol. The Bertz CT molecular complexity index is 245. The number of hydrogen-bond donors (Lipinski definition) is 2. The van der Waals surface area contributed by atoms with Gasteiger partial charge in [-0.3, -0.25) is 0 Å². The number of hydrogen-bond acceptors (Lipinski definition) is 2. The highest BCUT2D eigenvalue weighted by atomic mass is 14.9. The SMILES string of the molecule is C=C(C)N[C@@H]1C[C@H](C)C[C@H]1C(N)C(CC)CC. The van der Waals surface area contributed by atoms with E-state index in [9.17, 15) is 0 Å². The Labute approximate surface area is 107 Å². The quantitative estimate of drug-likeness (QED) is 0.745. The molecule has 0 aromatic carbocycles. The number of rotatable bonds is 6. The van der Waals surface area contributed by atoms with Gasteiger partial charge >= 0.3 is 0 Å². The molecular weight excluding hydrogens is 208 g/mol. The summed E-state index contributed by atoms with van der Waals surface area (Å²) in [5, 5.41) is 3.53. The molecule has 3 N–H and O–H groups in total. The van der Waals surface area contributed by atoms with Crippen molar-refractivity contribution >= 4 is 0 Å². The third-order valence-corrected chi connectivity index (χ3v) is 4.37. The second kappa shape index (κ2) is 6.44. The summed E-state index contributed by atoms with van der Waals surface area (Å²) in [6.07, 6.45) is 4.90. The van der Waals surface area contributed by atoms with Gasteiger partial charge < -0.3 is 11.1 Å². The van der Waals surface area contributed by atoms with Gasteiger partial charge in [-0.15, -0.1) is 0 Å². The fraction of sp³-hybridized carbons (Fsp3) is 0.867. The average Bonchev–Trinajstić information content (AvgIpc) is 2.60. The Kier molecular flexibility index (Phi) is 5.51. The molecule has 1 aliphatic carbocycles. The molecule has 0 aromatic heterocycles. The van der Waals surface area contributed by atoms with Crippen LogP contribution in [0.1, 0.15) is 53.4 Å². The third-order valence-electron chi connectivity index (χ3n) is 4.37. The molecule has 0 spiro atoms. The fourth-order valence-corrected chi connectivity index (χ4v) is 3.42. The molecule has 0 aliphatic heterocycles. The zero-order valence-corrected chi connectivity index (χ0v) is 12.0. The van der Waals surface area contributed by atoms with Crippen molar-refractivity contribution in [2.24, 2.45) is 23.5 Å². The molecule has 0 saturated heterocycles. The molecule has 2 nitrogen and oxygen atoms in total. The van der Waals surface area contributed by atoms with Crippen LogP contribution in [0.4, 0.5) is 0 Å². The Morgan fingerprint density at radius 3 is 2.41 bits per heavy atom. The number of nitrogens with one attached hydrogen (secondary N) is 1. The van der Waals surface area contributed by atoms with E-state index in [4.69, 9.17) is 5.73 Å². The van der Waals surface area contributed by atoms with E-state index in [1.807, 2.05) is 6.92 Å². The molecule has 0 heterocycles. The van der Waals surface area contributed by atoms with E-state index >= 15 is 0 Å². The van der Waals surface area contributed by atoms with Crippen molar-refractivity contribution in [1.29, 1.82) is 0 Å². The van der Waals surface area contributed by atoms with E-state index in [0.29, 0.717) is 23.9 Å². The van der Waals surface area contributed by atoms with Crippen LogP contribution < -0.4 is 11.1 Å². The first-order valence-corrected chi connectivity index (χ1v) is 7.17. The zero-order valence-electron chi connectivity index (χ0n) is 12.0. The van der Waals surface area contributed by atoms with Crippen molar-refractivity contribution < 1.29 is 0 Å². The lowest BCUT2D eigenvalue weighted by molar-refractivity contribution is 0.262. The second-order valence-electron chi connectivity index (χ2n) is 5.93. The van der Waals surface area contributed by atoms with Crippen LogP contribution in [0.15, 0.2) is 12.3 Å². The van der Waals surface area contributed by atoms with Gasteiger partial charge in [0.05, 0.1) is 0 Å². The topological polar surface area (TPSA) is 38.0 Å². The minimum atomic E-state index is 0.340. The molecule has 0 amide bonds. The van der Waals surface area contributed by atoms with Crippen molar-refractivity contribution in [3.05, 3.63) is 12.3 Å². The first-order valence-electron chi connectivity index (χ1n) is 7.17. The minimum Gasteiger partial charge on any atom is -0.386 e. The standard InChI is InChI=1S/C15H30N2/c1-6-12(7-2)15(16)13-8-11(5)9-14(13)17-10(3)4/h11-15,17H,3,6-9,16H2,1-2,4-5H3/t11-,13-,14-,15?/m1/s1. The van der Waals surface area contributed by atoms with E-state index < -0.39 is 0 Å². The minimum absolute atomic E-state index is 0.340. The fourth-order valence-electron chi connectivity index (χ4n) is 3.42. The molecule has 2 heteroatoms. The molecule has 0 aromatic rings. The summed E-state index contributed by atoms with van der Waals surface area (Å²) in [5.41, 5.74) is 7.58. The van der Waals surface area contributed by atoms with Crippen molar-refractivity contribution in [3.8, 4) is 0 Å². The summed E-state index contributed by atoms with van der Waals surface area (Å²) in [7, 11) is 0. The summed E-state index contributed by atoms with van der Waals surface area (Å²) in [4.78, 5) is 0. The van der Waals surface area contributed by atoms with E-state index in [1.54, 1.807) is 0 Å². The summed E-state index contributed by atoms with van der Waals surface area (Å²) in [6.45, 7) is 12.9. The maximum Gasteiger partial charge on any atom is 0.0303 e. The van der Waals surface area contributed by atoms with Crippen molar-refractivity contribution in [2.75, 3.05) is 0 Å². The maximum atomic E-state index is 6.50. The number of nitrogens with two attached hydrogens (primary N) is 1. The van der Waals surface area contributed by atoms with Gasteiger partial charge in [0.2, 0.25) is 0 Å². The zero-order chi connectivity index (χ0) is 13.0. The van der Waals surface area contributed by atoms with E-state index in [2.05, 4.69) is 32.7 Å². The molecule has 100 valence electrons. The molecular formula is C15H30N2. The highest BCUT2D eigenvalue weighted by Crippen LogP contribution is 2.36. The summed E-state index contributed by atoms with van der Waals surface area (Å²) in [5.74, 6) is 2.07. The van der Waals surface area contributed by atoms with Crippen molar-refractivity contribution in [1.82, 2.24) is 5.32 Å². The van der Waals surface area contributed by atoms with Crippen LogP contribution in [0, 0.1) is 17.8 Å². The Hall–Kier alpha value is -0.500. The molecule has 1 fully saturated rings. The van der Waals surface area contributed by atoms with Crippen LogP contribution in [-0.2, 0) is 0 Å². The molecule has 1 rings (SSSR count). The number of allylic oxidation sites excluding steroid dienone is 1. The molecule has 1 saturated carbocycles. The summed E-state index contributed by atoms with van der Waals surface area (Å²) in [6, 6.07) is 0.880. The van der Waals surface area contributed by atoms with Gasteiger partial charge in [0.25, 0.3) is 0 Å². The van der Waals surface area contributed by atoms with Gasteiger partial charge in [-0.25, -0.2) is 0 Å². The largest absolute Gasteiger partial charge is 0.386 e. The molecule has 4 atom stereocenters. The Morgan fingerprint density at radius 2 is 1.94 bits per heavy atom. The monoisotopic (exact) mass is 238 g/mol. The maximum absolute atomic E-state index is 6.50. The van der Waals surface area contributed by atoms with Crippen molar-refractivity contribution in [3.63, 3.8) is 0 Å². The Balaban J connectivity index is 2.68. The van der Waals surface area contributed by atoms with E-state index in [1.165, 1.54) is 25.7 Å². The van der Waals surface area contributed by atoms with Gasteiger partial charge in [0.1, 0.15) is 0 Å².